The number of amides is 2. The number of carbonyl (C=O) groups excluding carboxylic acids is 1. The number of rotatable bonds is 6. The number of aryl methyl sites for hydroxylation is 1. The summed E-state index contributed by atoms with van der Waals surface area (Å²) in [4.78, 5) is 22.7. The average Bonchev–Trinajstić information content (AvgIpc) is 2.34. The summed E-state index contributed by atoms with van der Waals surface area (Å²) >= 11 is 3.41. The Kier molecular flexibility index (Phi) is 6.51. The van der Waals surface area contributed by atoms with Gasteiger partial charge in [-0.05, 0) is 40.9 Å². The van der Waals surface area contributed by atoms with Crippen LogP contribution in [0.15, 0.2) is 22.7 Å². The van der Waals surface area contributed by atoms with Gasteiger partial charge in [-0.2, -0.15) is 0 Å². The van der Waals surface area contributed by atoms with Crippen LogP contribution in [0.25, 0.3) is 0 Å². The molecule has 6 heteroatoms. The Morgan fingerprint density at radius 2 is 2.10 bits per heavy atom. The van der Waals surface area contributed by atoms with Crippen LogP contribution in [-0.2, 0) is 4.79 Å². The van der Waals surface area contributed by atoms with E-state index in [1.807, 2.05) is 26.0 Å². The summed E-state index contributed by atoms with van der Waals surface area (Å²) in [5.41, 5.74) is 1.67. The molecule has 0 saturated heterocycles. The Bertz CT molecular complexity index is 491. The van der Waals surface area contributed by atoms with E-state index in [1.54, 1.807) is 6.07 Å². The fraction of sp³-hybridized carbons (Fsp3) is 0.429. The van der Waals surface area contributed by atoms with Gasteiger partial charge in [-0.1, -0.05) is 25.5 Å². The molecule has 0 saturated carbocycles. The number of aliphatic carboxylic acids is 1. The van der Waals surface area contributed by atoms with Gasteiger partial charge in [0.1, 0.15) is 0 Å². The maximum Gasteiger partial charge on any atom is 0.319 e. The van der Waals surface area contributed by atoms with E-state index >= 15 is 0 Å². The first kappa shape index (κ1) is 16.5. The molecule has 1 atom stereocenters. The summed E-state index contributed by atoms with van der Waals surface area (Å²) < 4.78 is 0.820. The van der Waals surface area contributed by atoms with Crippen LogP contribution >= 0.6 is 15.9 Å². The summed E-state index contributed by atoms with van der Waals surface area (Å²) in [5.74, 6) is -0.916. The van der Waals surface area contributed by atoms with Crippen molar-refractivity contribution >= 4 is 33.6 Å². The minimum Gasteiger partial charge on any atom is -0.481 e. The Hall–Kier alpha value is -1.56. The van der Waals surface area contributed by atoms with Crippen LogP contribution in [0.2, 0.25) is 0 Å². The van der Waals surface area contributed by atoms with Crippen LogP contribution in [0.3, 0.4) is 0 Å². The van der Waals surface area contributed by atoms with Crippen LogP contribution in [-0.4, -0.2) is 23.1 Å². The average molecular weight is 343 g/mol. The van der Waals surface area contributed by atoms with Crippen LogP contribution in [0.4, 0.5) is 10.5 Å². The van der Waals surface area contributed by atoms with E-state index in [0.29, 0.717) is 12.1 Å². The summed E-state index contributed by atoms with van der Waals surface area (Å²) in [6, 6.07) is 4.80. The third-order valence-corrected chi connectivity index (χ3v) is 3.89. The van der Waals surface area contributed by atoms with Crippen LogP contribution < -0.4 is 10.6 Å². The molecule has 1 aromatic rings. The largest absolute Gasteiger partial charge is 0.481 e. The molecule has 0 bridgehead atoms. The second kappa shape index (κ2) is 7.89. The zero-order valence-corrected chi connectivity index (χ0v) is 13.2. The summed E-state index contributed by atoms with van der Waals surface area (Å²) in [6.07, 6.45) is 1.37. The van der Waals surface area contributed by atoms with Crippen molar-refractivity contribution in [1.29, 1.82) is 0 Å². The number of carboxylic acids is 1. The Balaban J connectivity index is 2.65. The lowest BCUT2D eigenvalue weighted by Gasteiger charge is -2.17. The molecule has 0 fully saturated rings. The molecule has 3 N–H and O–H groups in total. The molecule has 2 amide bonds. The van der Waals surface area contributed by atoms with E-state index in [4.69, 9.17) is 5.11 Å². The lowest BCUT2D eigenvalue weighted by Crippen LogP contribution is -2.39. The normalized spacial score (nSPS) is 11.8. The van der Waals surface area contributed by atoms with Crippen molar-refractivity contribution in [2.75, 3.05) is 5.32 Å². The van der Waals surface area contributed by atoms with Crippen molar-refractivity contribution in [2.24, 2.45) is 0 Å². The highest BCUT2D eigenvalue weighted by Crippen LogP contribution is 2.25. The SMILES string of the molecule is CCCC(CC(=O)O)NC(=O)Nc1cccc(C)c1Br. The maximum absolute atomic E-state index is 11.9. The van der Waals surface area contributed by atoms with Crippen LogP contribution in [0, 0.1) is 6.92 Å². The summed E-state index contributed by atoms with van der Waals surface area (Å²) in [7, 11) is 0. The molecule has 0 aromatic heterocycles. The van der Waals surface area contributed by atoms with Gasteiger partial charge in [0.05, 0.1) is 12.1 Å². The van der Waals surface area contributed by atoms with E-state index in [2.05, 4.69) is 26.6 Å². The molecule has 0 aliphatic carbocycles. The molecule has 110 valence electrons. The first-order valence-corrected chi connectivity index (χ1v) is 7.27. The zero-order chi connectivity index (χ0) is 15.1. The van der Waals surface area contributed by atoms with E-state index in [-0.39, 0.29) is 12.5 Å². The Labute approximate surface area is 126 Å². The minimum absolute atomic E-state index is 0.0732. The summed E-state index contributed by atoms with van der Waals surface area (Å²) in [6.45, 7) is 3.88. The van der Waals surface area contributed by atoms with E-state index in [0.717, 1.165) is 16.5 Å². The van der Waals surface area contributed by atoms with Crippen molar-refractivity contribution in [2.45, 2.75) is 39.2 Å². The van der Waals surface area contributed by atoms with Crippen molar-refractivity contribution in [3.05, 3.63) is 28.2 Å². The second-order valence-electron chi connectivity index (χ2n) is 4.62. The fourth-order valence-corrected chi connectivity index (χ4v) is 2.24. The molecule has 0 heterocycles. The van der Waals surface area contributed by atoms with Gasteiger partial charge in [0.2, 0.25) is 0 Å². The molecule has 1 aromatic carbocycles. The number of hydrogen-bond donors (Lipinski definition) is 3. The highest BCUT2D eigenvalue weighted by atomic mass is 79.9. The number of anilines is 1. The number of halogens is 1. The van der Waals surface area contributed by atoms with Gasteiger partial charge in [-0.15, -0.1) is 0 Å². The van der Waals surface area contributed by atoms with Gasteiger partial charge >= 0.3 is 12.0 Å². The first-order valence-electron chi connectivity index (χ1n) is 6.48. The molecule has 1 rings (SSSR count). The van der Waals surface area contributed by atoms with Gasteiger partial charge in [0, 0.05) is 10.5 Å². The minimum atomic E-state index is -0.916. The van der Waals surface area contributed by atoms with E-state index in [1.165, 1.54) is 0 Å². The van der Waals surface area contributed by atoms with Crippen molar-refractivity contribution < 1.29 is 14.7 Å². The van der Waals surface area contributed by atoms with Gasteiger partial charge in [-0.25, -0.2) is 4.79 Å². The fourth-order valence-electron chi connectivity index (χ4n) is 1.87. The third-order valence-electron chi connectivity index (χ3n) is 2.83. The number of carbonyl (C=O) groups is 2. The highest BCUT2D eigenvalue weighted by molar-refractivity contribution is 9.10. The first-order chi connectivity index (χ1) is 9.43. The van der Waals surface area contributed by atoms with Gasteiger partial charge in [0.15, 0.2) is 0 Å². The predicted molar refractivity (Wildman–Crippen MR) is 82.0 cm³/mol. The van der Waals surface area contributed by atoms with E-state index in [9.17, 15) is 9.59 Å². The van der Waals surface area contributed by atoms with Crippen molar-refractivity contribution in [3.8, 4) is 0 Å². The number of urea groups is 1. The van der Waals surface area contributed by atoms with Gasteiger partial charge < -0.3 is 15.7 Å². The number of nitrogens with one attached hydrogen (secondary N) is 2. The lowest BCUT2D eigenvalue weighted by atomic mass is 10.1. The molecule has 0 aliphatic rings. The zero-order valence-electron chi connectivity index (χ0n) is 11.6. The molecular weight excluding hydrogens is 324 g/mol. The molecule has 0 spiro atoms. The standard InChI is InChI=1S/C14H19BrN2O3/c1-3-5-10(8-12(18)19)16-14(20)17-11-7-4-6-9(2)13(11)15/h4,6-7,10H,3,5,8H2,1-2H3,(H,18,19)(H2,16,17,20). The van der Waals surface area contributed by atoms with Gasteiger partial charge in [0.25, 0.3) is 0 Å². The summed E-state index contributed by atoms with van der Waals surface area (Å²) in [5, 5.41) is 14.2. The molecule has 0 radical (unpaired) electrons. The molecule has 1 unspecified atom stereocenters. The predicted octanol–water partition coefficient (Wildman–Crippen LogP) is 3.52. The third kappa shape index (κ3) is 5.21. The lowest BCUT2D eigenvalue weighted by molar-refractivity contribution is -0.137. The Morgan fingerprint density at radius 3 is 2.70 bits per heavy atom. The number of carboxylic acid groups (broad SMARTS) is 1. The van der Waals surface area contributed by atoms with Crippen molar-refractivity contribution in [3.63, 3.8) is 0 Å². The topological polar surface area (TPSA) is 78.4 Å². The molecule has 0 aliphatic heterocycles. The quantitative estimate of drug-likeness (QED) is 0.739. The van der Waals surface area contributed by atoms with Crippen LogP contribution in [0.1, 0.15) is 31.7 Å². The maximum atomic E-state index is 11.9. The smallest absolute Gasteiger partial charge is 0.319 e. The highest BCUT2D eigenvalue weighted by Gasteiger charge is 2.15. The molecular formula is C14H19BrN2O3. The molecule has 20 heavy (non-hydrogen) atoms. The second-order valence-corrected chi connectivity index (χ2v) is 5.41. The molecule has 5 nitrogen and oxygen atoms in total. The Morgan fingerprint density at radius 1 is 1.40 bits per heavy atom. The van der Waals surface area contributed by atoms with Gasteiger partial charge in [-0.3, -0.25) is 4.79 Å². The number of hydrogen-bond acceptors (Lipinski definition) is 2. The number of benzene rings is 1. The van der Waals surface area contributed by atoms with E-state index < -0.39 is 12.0 Å². The monoisotopic (exact) mass is 342 g/mol. The van der Waals surface area contributed by atoms with Crippen molar-refractivity contribution in [1.82, 2.24) is 5.32 Å². The van der Waals surface area contributed by atoms with Crippen LogP contribution in [0.5, 0.6) is 0 Å².